The number of aryl methyl sites for hydroxylation is 1. The Morgan fingerprint density at radius 2 is 1.79 bits per heavy atom. The molecular weight excluding hydrogens is 392 g/mol. The minimum absolute atomic E-state index is 0.212. The normalized spacial score (nSPS) is 11.8. The lowest BCUT2D eigenvalue weighted by Gasteiger charge is -2.15. The molecule has 0 aromatic heterocycles. The van der Waals surface area contributed by atoms with E-state index >= 15 is 0 Å². The van der Waals surface area contributed by atoms with Gasteiger partial charge in [-0.3, -0.25) is 4.99 Å². The van der Waals surface area contributed by atoms with Crippen LogP contribution in [-0.2, 0) is 10.0 Å². The Kier molecular flexibility index (Phi) is 8.29. The highest BCUT2D eigenvalue weighted by Crippen LogP contribution is 2.30. The van der Waals surface area contributed by atoms with E-state index in [9.17, 15) is 8.42 Å². The van der Waals surface area contributed by atoms with Crippen molar-refractivity contribution in [2.75, 3.05) is 39.2 Å². The molecule has 0 aliphatic heterocycles. The second-order valence-corrected chi connectivity index (χ2v) is 7.90. The third kappa shape index (κ3) is 6.65. The van der Waals surface area contributed by atoms with Crippen LogP contribution in [-0.4, -0.2) is 48.2 Å². The maximum atomic E-state index is 12.3. The average Bonchev–Trinajstić information content (AvgIpc) is 2.71. The van der Waals surface area contributed by atoms with Gasteiger partial charge in [-0.2, -0.15) is 0 Å². The fraction of sp³-hybridized carbons (Fsp3) is 0.350. The number of benzene rings is 2. The molecule has 0 spiro atoms. The van der Waals surface area contributed by atoms with Crippen molar-refractivity contribution in [1.82, 2.24) is 10.0 Å². The standard InChI is InChI=1S/C20H28N4O4S/c1-5-28-18-11-8-16(14-19(18)27-4)24-20(21-3)22-12-13-23-29(25,26)17-9-6-15(2)7-10-17/h6-11,14,23H,5,12-13H2,1-4H3,(H2,21,22,24). The highest BCUT2D eigenvalue weighted by molar-refractivity contribution is 7.89. The monoisotopic (exact) mass is 420 g/mol. The van der Waals surface area contributed by atoms with Gasteiger partial charge in [0.05, 0.1) is 18.6 Å². The van der Waals surface area contributed by atoms with Crippen molar-refractivity contribution in [2.45, 2.75) is 18.7 Å². The second-order valence-electron chi connectivity index (χ2n) is 6.13. The Morgan fingerprint density at radius 1 is 1.07 bits per heavy atom. The second kappa shape index (κ2) is 10.7. The highest BCUT2D eigenvalue weighted by Gasteiger charge is 2.13. The quantitative estimate of drug-likeness (QED) is 0.327. The first kappa shape index (κ1) is 22.5. The molecule has 0 aliphatic carbocycles. The summed E-state index contributed by atoms with van der Waals surface area (Å²) in [4.78, 5) is 4.39. The van der Waals surface area contributed by atoms with E-state index in [0.29, 0.717) is 30.6 Å². The fourth-order valence-corrected chi connectivity index (χ4v) is 3.53. The number of aliphatic imine (C=N–C) groups is 1. The summed E-state index contributed by atoms with van der Waals surface area (Å²) in [5.41, 5.74) is 1.77. The molecule has 0 radical (unpaired) electrons. The summed E-state index contributed by atoms with van der Waals surface area (Å²) in [6.45, 7) is 4.93. The van der Waals surface area contributed by atoms with Crippen LogP contribution in [0.25, 0.3) is 0 Å². The van der Waals surface area contributed by atoms with E-state index in [1.165, 1.54) is 0 Å². The van der Waals surface area contributed by atoms with Crippen molar-refractivity contribution < 1.29 is 17.9 Å². The number of sulfonamides is 1. The van der Waals surface area contributed by atoms with Crippen LogP contribution in [0.3, 0.4) is 0 Å². The summed E-state index contributed by atoms with van der Waals surface area (Å²) in [5.74, 6) is 1.78. The maximum absolute atomic E-state index is 12.3. The van der Waals surface area contributed by atoms with Crippen LogP contribution < -0.4 is 24.8 Å². The van der Waals surface area contributed by atoms with Crippen LogP contribution in [0, 0.1) is 6.92 Å². The first-order valence-corrected chi connectivity index (χ1v) is 10.7. The molecule has 158 valence electrons. The summed E-state index contributed by atoms with van der Waals surface area (Å²) in [5, 5.41) is 6.20. The van der Waals surface area contributed by atoms with Crippen molar-refractivity contribution in [1.29, 1.82) is 0 Å². The van der Waals surface area contributed by atoms with Gasteiger partial charge in [0.2, 0.25) is 10.0 Å². The van der Waals surface area contributed by atoms with Gasteiger partial charge in [0.15, 0.2) is 17.5 Å². The lowest BCUT2D eigenvalue weighted by Crippen LogP contribution is -2.37. The fourth-order valence-electron chi connectivity index (χ4n) is 2.50. The predicted octanol–water partition coefficient (Wildman–Crippen LogP) is 2.37. The Balaban J connectivity index is 1.88. The highest BCUT2D eigenvalue weighted by atomic mass is 32.2. The Hall–Kier alpha value is -2.78. The molecule has 2 aromatic carbocycles. The molecule has 2 aromatic rings. The van der Waals surface area contributed by atoms with Gasteiger partial charge in [0.25, 0.3) is 0 Å². The van der Waals surface area contributed by atoms with Gasteiger partial charge in [-0.15, -0.1) is 0 Å². The van der Waals surface area contributed by atoms with Gasteiger partial charge < -0.3 is 20.1 Å². The van der Waals surface area contributed by atoms with E-state index in [4.69, 9.17) is 9.47 Å². The van der Waals surface area contributed by atoms with Crippen molar-refractivity contribution in [2.24, 2.45) is 4.99 Å². The van der Waals surface area contributed by atoms with Crippen molar-refractivity contribution in [3.8, 4) is 11.5 Å². The number of hydrogen-bond donors (Lipinski definition) is 3. The van der Waals surface area contributed by atoms with Crippen LogP contribution in [0.5, 0.6) is 11.5 Å². The van der Waals surface area contributed by atoms with E-state index in [-0.39, 0.29) is 11.4 Å². The average molecular weight is 421 g/mol. The van der Waals surface area contributed by atoms with Gasteiger partial charge in [-0.25, -0.2) is 13.1 Å². The smallest absolute Gasteiger partial charge is 0.240 e. The molecule has 0 fully saturated rings. The topological polar surface area (TPSA) is 101 Å². The Labute approximate surface area is 172 Å². The molecule has 2 rings (SSSR count). The minimum atomic E-state index is -3.54. The van der Waals surface area contributed by atoms with E-state index in [1.54, 1.807) is 44.5 Å². The molecule has 0 bridgehead atoms. The zero-order chi connectivity index (χ0) is 21.3. The molecule has 0 atom stereocenters. The van der Waals surface area contributed by atoms with E-state index in [2.05, 4.69) is 20.3 Å². The molecule has 0 heterocycles. The van der Waals surface area contributed by atoms with Gasteiger partial charge in [0.1, 0.15) is 0 Å². The maximum Gasteiger partial charge on any atom is 0.240 e. The molecule has 3 N–H and O–H groups in total. The minimum Gasteiger partial charge on any atom is -0.493 e. The number of ether oxygens (including phenoxy) is 2. The lowest BCUT2D eigenvalue weighted by molar-refractivity contribution is 0.311. The van der Waals surface area contributed by atoms with Crippen LogP contribution >= 0.6 is 0 Å². The zero-order valence-electron chi connectivity index (χ0n) is 17.2. The molecule has 9 heteroatoms. The first-order chi connectivity index (χ1) is 13.9. The SMILES string of the molecule is CCOc1ccc(NC(=NC)NCCNS(=O)(=O)c2ccc(C)cc2)cc1OC. The number of nitrogens with zero attached hydrogens (tertiary/aromatic N) is 1. The van der Waals surface area contributed by atoms with E-state index < -0.39 is 10.0 Å². The molecule has 0 amide bonds. The number of guanidine groups is 1. The van der Waals surface area contributed by atoms with Crippen molar-refractivity contribution in [3.05, 3.63) is 48.0 Å². The summed E-state index contributed by atoms with van der Waals surface area (Å²) in [6.07, 6.45) is 0. The van der Waals surface area contributed by atoms with Crippen molar-refractivity contribution >= 4 is 21.7 Å². The first-order valence-electron chi connectivity index (χ1n) is 9.24. The Bertz CT molecular complexity index is 928. The number of rotatable bonds is 9. The van der Waals surface area contributed by atoms with Crippen LogP contribution in [0.4, 0.5) is 5.69 Å². The molecule has 0 saturated heterocycles. The molecule has 29 heavy (non-hydrogen) atoms. The van der Waals surface area contributed by atoms with E-state index in [1.807, 2.05) is 26.0 Å². The summed E-state index contributed by atoms with van der Waals surface area (Å²) in [6, 6.07) is 12.2. The molecular formula is C20H28N4O4S. The van der Waals surface area contributed by atoms with Gasteiger partial charge in [0, 0.05) is 31.9 Å². The van der Waals surface area contributed by atoms with Gasteiger partial charge in [-0.05, 0) is 38.1 Å². The molecule has 0 saturated carbocycles. The third-order valence-corrected chi connectivity index (χ3v) is 5.47. The molecule has 8 nitrogen and oxygen atoms in total. The molecule has 0 unspecified atom stereocenters. The largest absolute Gasteiger partial charge is 0.493 e. The van der Waals surface area contributed by atoms with Gasteiger partial charge >= 0.3 is 0 Å². The van der Waals surface area contributed by atoms with E-state index in [0.717, 1.165) is 11.3 Å². The summed E-state index contributed by atoms with van der Waals surface area (Å²) in [7, 11) is -0.326. The van der Waals surface area contributed by atoms with Crippen LogP contribution in [0.2, 0.25) is 0 Å². The number of anilines is 1. The number of nitrogens with one attached hydrogen (secondary N) is 3. The van der Waals surface area contributed by atoms with Gasteiger partial charge in [-0.1, -0.05) is 17.7 Å². The lowest BCUT2D eigenvalue weighted by atomic mass is 10.2. The third-order valence-electron chi connectivity index (χ3n) is 3.99. The number of hydrogen-bond acceptors (Lipinski definition) is 5. The van der Waals surface area contributed by atoms with Crippen LogP contribution in [0.15, 0.2) is 52.4 Å². The summed E-state index contributed by atoms with van der Waals surface area (Å²) >= 11 is 0. The van der Waals surface area contributed by atoms with Crippen LogP contribution in [0.1, 0.15) is 12.5 Å². The summed E-state index contributed by atoms with van der Waals surface area (Å²) < 4.78 is 38.0. The zero-order valence-corrected chi connectivity index (χ0v) is 18.0. The predicted molar refractivity (Wildman–Crippen MR) is 116 cm³/mol. The van der Waals surface area contributed by atoms with Crippen molar-refractivity contribution in [3.63, 3.8) is 0 Å². The molecule has 0 aliphatic rings. The number of methoxy groups -OCH3 is 1. The Morgan fingerprint density at radius 3 is 2.41 bits per heavy atom.